The van der Waals surface area contributed by atoms with Gasteiger partial charge in [-0.3, -0.25) is 4.79 Å². The molecule has 0 aromatic carbocycles. The zero-order valence-electron chi connectivity index (χ0n) is 9.80. The molecule has 1 N–H and O–H groups in total. The van der Waals surface area contributed by atoms with Gasteiger partial charge in [-0.15, -0.1) is 0 Å². The van der Waals surface area contributed by atoms with Gasteiger partial charge >= 0.3 is 0 Å². The highest BCUT2D eigenvalue weighted by molar-refractivity contribution is 5.76. The first kappa shape index (κ1) is 11.0. The average Bonchev–Trinajstić information content (AvgIpc) is 2.79. The van der Waals surface area contributed by atoms with Crippen molar-refractivity contribution in [2.75, 3.05) is 6.54 Å². The lowest BCUT2D eigenvalue weighted by molar-refractivity contribution is -0.122. The average molecular weight is 209 g/mol. The van der Waals surface area contributed by atoms with Crippen LogP contribution in [0, 0.1) is 17.8 Å². The molecule has 1 amide bonds. The van der Waals surface area contributed by atoms with Crippen LogP contribution in [0.1, 0.15) is 51.9 Å². The molecule has 2 heteroatoms. The number of hydrogen-bond acceptors (Lipinski definition) is 1. The van der Waals surface area contributed by atoms with E-state index in [1.165, 1.54) is 25.7 Å². The lowest BCUT2D eigenvalue weighted by Crippen LogP contribution is -2.28. The van der Waals surface area contributed by atoms with Crippen molar-refractivity contribution in [1.29, 1.82) is 0 Å². The molecule has 2 aliphatic rings. The molecule has 0 spiro atoms. The number of rotatable bonds is 5. The van der Waals surface area contributed by atoms with Crippen LogP contribution in [0.5, 0.6) is 0 Å². The van der Waals surface area contributed by atoms with E-state index >= 15 is 0 Å². The predicted molar refractivity (Wildman–Crippen MR) is 61.5 cm³/mol. The van der Waals surface area contributed by atoms with Crippen LogP contribution >= 0.6 is 0 Å². The summed E-state index contributed by atoms with van der Waals surface area (Å²) in [7, 11) is 0. The molecule has 2 fully saturated rings. The fraction of sp³-hybridized carbons (Fsp3) is 0.923. The Labute approximate surface area is 92.8 Å². The Morgan fingerprint density at radius 1 is 1.33 bits per heavy atom. The molecule has 2 bridgehead atoms. The molecule has 0 aromatic heterocycles. The molecule has 2 nitrogen and oxygen atoms in total. The molecule has 0 saturated heterocycles. The van der Waals surface area contributed by atoms with E-state index in [9.17, 15) is 4.79 Å². The smallest absolute Gasteiger partial charge is 0.220 e. The maximum absolute atomic E-state index is 11.6. The number of nitrogens with one attached hydrogen (secondary N) is 1. The molecule has 0 heterocycles. The van der Waals surface area contributed by atoms with E-state index in [1.807, 2.05) is 0 Å². The second-order valence-electron chi connectivity index (χ2n) is 5.34. The van der Waals surface area contributed by atoms with E-state index < -0.39 is 0 Å². The van der Waals surface area contributed by atoms with Crippen molar-refractivity contribution in [1.82, 2.24) is 5.32 Å². The van der Waals surface area contributed by atoms with E-state index in [4.69, 9.17) is 0 Å². The molecular weight excluding hydrogens is 186 g/mol. The van der Waals surface area contributed by atoms with Crippen LogP contribution in [0.4, 0.5) is 0 Å². The Hall–Kier alpha value is -0.530. The van der Waals surface area contributed by atoms with Gasteiger partial charge in [0.1, 0.15) is 0 Å². The van der Waals surface area contributed by atoms with Crippen molar-refractivity contribution in [2.24, 2.45) is 17.8 Å². The molecule has 0 aromatic rings. The third kappa shape index (κ3) is 2.73. The van der Waals surface area contributed by atoms with Gasteiger partial charge in [0.2, 0.25) is 5.91 Å². The van der Waals surface area contributed by atoms with Gasteiger partial charge in [0.15, 0.2) is 0 Å². The van der Waals surface area contributed by atoms with Crippen LogP contribution in [0.25, 0.3) is 0 Å². The predicted octanol–water partition coefficient (Wildman–Crippen LogP) is 2.73. The molecule has 2 aliphatic carbocycles. The first-order valence-electron chi connectivity index (χ1n) is 6.56. The summed E-state index contributed by atoms with van der Waals surface area (Å²) in [5.41, 5.74) is 0. The number of carbonyl (C=O) groups is 1. The molecule has 2 saturated carbocycles. The minimum Gasteiger partial charge on any atom is -0.356 e. The van der Waals surface area contributed by atoms with Crippen LogP contribution in [0.2, 0.25) is 0 Å². The van der Waals surface area contributed by atoms with Gasteiger partial charge in [0.05, 0.1) is 0 Å². The van der Waals surface area contributed by atoms with Crippen molar-refractivity contribution in [3.8, 4) is 0 Å². The molecule has 3 atom stereocenters. The molecule has 3 unspecified atom stereocenters. The van der Waals surface area contributed by atoms with Gasteiger partial charge in [-0.05, 0) is 43.4 Å². The quantitative estimate of drug-likeness (QED) is 0.693. The van der Waals surface area contributed by atoms with Crippen LogP contribution in [-0.2, 0) is 4.79 Å². The minimum atomic E-state index is 0.293. The summed E-state index contributed by atoms with van der Waals surface area (Å²) in [6.45, 7) is 3.03. The SMILES string of the molecule is CCCCNC(=O)CC1CC2CCC1C2. The normalized spacial score (nSPS) is 33.3. The second-order valence-corrected chi connectivity index (χ2v) is 5.34. The van der Waals surface area contributed by atoms with E-state index in [1.54, 1.807) is 0 Å². The maximum atomic E-state index is 11.6. The zero-order valence-corrected chi connectivity index (χ0v) is 9.80. The van der Waals surface area contributed by atoms with E-state index in [-0.39, 0.29) is 0 Å². The number of fused-ring (bicyclic) bond motifs is 2. The summed E-state index contributed by atoms with van der Waals surface area (Å²) in [6, 6.07) is 0. The minimum absolute atomic E-state index is 0.293. The van der Waals surface area contributed by atoms with E-state index in [2.05, 4.69) is 12.2 Å². The first-order valence-corrected chi connectivity index (χ1v) is 6.56. The van der Waals surface area contributed by atoms with Crippen molar-refractivity contribution in [3.05, 3.63) is 0 Å². The Balaban J connectivity index is 1.66. The summed E-state index contributed by atoms with van der Waals surface area (Å²) < 4.78 is 0. The number of amides is 1. The van der Waals surface area contributed by atoms with Gasteiger partial charge in [0, 0.05) is 13.0 Å². The number of hydrogen-bond donors (Lipinski definition) is 1. The van der Waals surface area contributed by atoms with Crippen molar-refractivity contribution in [2.45, 2.75) is 51.9 Å². The summed E-state index contributed by atoms with van der Waals surface area (Å²) in [6.07, 6.45) is 8.62. The topological polar surface area (TPSA) is 29.1 Å². The van der Waals surface area contributed by atoms with Crippen molar-refractivity contribution < 1.29 is 4.79 Å². The monoisotopic (exact) mass is 209 g/mol. The standard InChI is InChI=1S/C13H23NO/c1-2-3-6-14-13(15)9-12-8-10-4-5-11(12)7-10/h10-12H,2-9H2,1H3,(H,14,15). The van der Waals surface area contributed by atoms with Crippen LogP contribution in [0.3, 0.4) is 0 Å². The summed E-state index contributed by atoms with van der Waals surface area (Å²) in [4.78, 5) is 11.6. The van der Waals surface area contributed by atoms with Crippen molar-refractivity contribution in [3.63, 3.8) is 0 Å². The maximum Gasteiger partial charge on any atom is 0.220 e. The van der Waals surface area contributed by atoms with Gasteiger partial charge in [0.25, 0.3) is 0 Å². The Bertz CT molecular complexity index is 227. The molecule has 86 valence electrons. The molecular formula is C13H23NO. The third-order valence-electron chi connectivity index (χ3n) is 4.18. The fourth-order valence-electron chi connectivity index (χ4n) is 3.34. The molecule has 0 radical (unpaired) electrons. The van der Waals surface area contributed by atoms with Gasteiger partial charge in [-0.25, -0.2) is 0 Å². The molecule has 2 rings (SSSR count). The third-order valence-corrected chi connectivity index (χ3v) is 4.18. The lowest BCUT2D eigenvalue weighted by atomic mass is 9.86. The van der Waals surface area contributed by atoms with Crippen molar-refractivity contribution >= 4 is 5.91 Å². The van der Waals surface area contributed by atoms with Gasteiger partial charge in [-0.1, -0.05) is 19.8 Å². The fourth-order valence-corrected chi connectivity index (χ4v) is 3.34. The van der Waals surface area contributed by atoms with Crippen LogP contribution < -0.4 is 5.32 Å². The van der Waals surface area contributed by atoms with E-state index in [0.717, 1.165) is 37.6 Å². The zero-order chi connectivity index (χ0) is 10.7. The summed E-state index contributed by atoms with van der Waals surface area (Å²) in [5, 5.41) is 3.03. The second kappa shape index (κ2) is 5.00. The number of unbranched alkanes of at least 4 members (excludes halogenated alkanes) is 1. The molecule has 0 aliphatic heterocycles. The largest absolute Gasteiger partial charge is 0.356 e. The summed E-state index contributed by atoms with van der Waals surface area (Å²) in [5.74, 6) is 2.85. The van der Waals surface area contributed by atoms with Gasteiger partial charge in [-0.2, -0.15) is 0 Å². The molecule has 15 heavy (non-hydrogen) atoms. The highest BCUT2D eigenvalue weighted by Gasteiger charge is 2.39. The van der Waals surface area contributed by atoms with E-state index in [0.29, 0.717) is 11.8 Å². The Morgan fingerprint density at radius 2 is 2.20 bits per heavy atom. The highest BCUT2D eigenvalue weighted by atomic mass is 16.1. The number of carbonyl (C=O) groups excluding carboxylic acids is 1. The highest BCUT2D eigenvalue weighted by Crippen LogP contribution is 2.49. The Morgan fingerprint density at radius 3 is 2.80 bits per heavy atom. The Kier molecular flexibility index (Phi) is 3.66. The lowest BCUT2D eigenvalue weighted by Gasteiger charge is -2.20. The van der Waals surface area contributed by atoms with Crippen LogP contribution in [-0.4, -0.2) is 12.5 Å². The first-order chi connectivity index (χ1) is 7.29. The van der Waals surface area contributed by atoms with Gasteiger partial charge < -0.3 is 5.32 Å². The van der Waals surface area contributed by atoms with Crippen LogP contribution in [0.15, 0.2) is 0 Å². The summed E-state index contributed by atoms with van der Waals surface area (Å²) >= 11 is 0.